The Labute approximate surface area is 115 Å². The second-order valence-corrected chi connectivity index (χ2v) is 5.11. The molecule has 20 heavy (non-hydrogen) atoms. The van der Waals surface area contributed by atoms with Crippen LogP contribution in [-0.4, -0.2) is 25.0 Å². The molecule has 0 aromatic carbocycles. The third-order valence-corrected chi connectivity index (χ3v) is 3.17. The van der Waals surface area contributed by atoms with Crippen molar-refractivity contribution in [2.45, 2.75) is 36.9 Å². The van der Waals surface area contributed by atoms with Crippen molar-refractivity contribution in [3.63, 3.8) is 0 Å². The van der Waals surface area contributed by atoms with Gasteiger partial charge in [-0.05, 0) is 0 Å². The van der Waals surface area contributed by atoms with Crippen LogP contribution in [0.3, 0.4) is 0 Å². The van der Waals surface area contributed by atoms with Crippen LogP contribution in [0.15, 0.2) is 9.68 Å². The molecule has 11 heteroatoms. The fraction of sp³-hybridized carbons (Fsp3) is 0.556. The average molecular weight is 308 g/mol. The summed E-state index contributed by atoms with van der Waals surface area (Å²) in [4.78, 5) is 4.09. The molecule has 7 nitrogen and oxygen atoms in total. The van der Waals surface area contributed by atoms with Crippen molar-refractivity contribution in [1.82, 2.24) is 25.0 Å². The number of nitrogens with two attached hydrogens (primary N) is 1. The minimum Gasteiger partial charge on any atom is -0.338 e. The number of aromatic nitrogens is 5. The molecule has 2 aromatic heterocycles. The first-order valence-corrected chi connectivity index (χ1v) is 6.50. The van der Waals surface area contributed by atoms with E-state index in [1.54, 1.807) is 0 Å². The molecule has 0 aliphatic heterocycles. The van der Waals surface area contributed by atoms with Gasteiger partial charge in [-0.2, -0.15) is 18.2 Å². The van der Waals surface area contributed by atoms with E-state index < -0.39 is 12.0 Å². The zero-order chi connectivity index (χ0) is 14.9. The molecule has 0 spiro atoms. The fourth-order valence-corrected chi connectivity index (χ4v) is 1.95. The number of alkyl halides is 3. The lowest BCUT2D eigenvalue weighted by Gasteiger charge is -2.05. The molecule has 0 saturated carbocycles. The average Bonchev–Trinajstić information content (AvgIpc) is 2.92. The predicted molar refractivity (Wildman–Crippen MR) is 63.1 cm³/mol. The topological polar surface area (TPSA) is 95.7 Å². The molecule has 0 aliphatic rings. The summed E-state index contributed by atoms with van der Waals surface area (Å²) in [5, 5.41) is 10.0. The molecular weight excluding hydrogens is 297 g/mol. The molecule has 0 atom stereocenters. The van der Waals surface area contributed by atoms with Gasteiger partial charge in [0.25, 0.3) is 5.82 Å². The van der Waals surface area contributed by atoms with E-state index in [1.807, 2.05) is 13.8 Å². The molecule has 2 aromatic rings. The molecule has 0 radical (unpaired) electrons. The van der Waals surface area contributed by atoms with Gasteiger partial charge in [0.05, 0.1) is 5.75 Å². The van der Waals surface area contributed by atoms with E-state index in [0.29, 0.717) is 10.5 Å². The molecular formula is C9H11F3N6OS. The monoisotopic (exact) mass is 308 g/mol. The van der Waals surface area contributed by atoms with Gasteiger partial charge in [-0.3, -0.25) is 0 Å². The molecule has 0 saturated heterocycles. The van der Waals surface area contributed by atoms with Gasteiger partial charge in [0, 0.05) is 5.92 Å². The molecule has 110 valence electrons. The van der Waals surface area contributed by atoms with Crippen molar-refractivity contribution in [1.29, 1.82) is 0 Å². The van der Waals surface area contributed by atoms with Gasteiger partial charge in [-0.1, -0.05) is 30.8 Å². The summed E-state index contributed by atoms with van der Waals surface area (Å²) in [6, 6.07) is 0. The second kappa shape index (κ2) is 5.31. The molecule has 2 rings (SSSR count). The maximum atomic E-state index is 12.5. The van der Waals surface area contributed by atoms with Gasteiger partial charge in [-0.25, -0.2) is 4.68 Å². The normalized spacial score (nSPS) is 12.3. The quantitative estimate of drug-likeness (QED) is 0.679. The van der Waals surface area contributed by atoms with Crippen LogP contribution in [0.1, 0.15) is 37.3 Å². The van der Waals surface area contributed by atoms with Gasteiger partial charge in [0.1, 0.15) is 0 Å². The predicted octanol–water partition coefficient (Wildman–Crippen LogP) is 1.81. The molecule has 0 unspecified atom stereocenters. The Morgan fingerprint density at radius 2 is 2.05 bits per heavy atom. The second-order valence-electron chi connectivity index (χ2n) is 4.16. The van der Waals surface area contributed by atoms with Crippen molar-refractivity contribution in [2.24, 2.45) is 0 Å². The van der Waals surface area contributed by atoms with E-state index in [-0.39, 0.29) is 22.7 Å². The van der Waals surface area contributed by atoms with Crippen LogP contribution in [0.25, 0.3) is 0 Å². The lowest BCUT2D eigenvalue weighted by atomic mass is 10.2. The van der Waals surface area contributed by atoms with E-state index in [9.17, 15) is 13.2 Å². The SMILES string of the molecule is CC(C)c1noc(CSc2nnc(C(F)(F)F)n2N)n1. The zero-order valence-electron chi connectivity index (χ0n) is 10.5. The third kappa shape index (κ3) is 3.03. The highest BCUT2D eigenvalue weighted by Crippen LogP contribution is 2.29. The lowest BCUT2D eigenvalue weighted by molar-refractivity contribution is -0.146. The van der Waals surface area contributed by atoms with E-state index in [4.69, 9.17) is 10.4 Å². The minimum atomic E-state index is -4.64. The molecule has 0 fully saturated rings. The molecule has 0 amide bonds. The highest BCUT2D eigenvalue weighted by atomic mass is 32.2. The third-order valence-electron chi connectivity index (χ3n) is 2.24. The number of thioether (sulfide) groups is 1. The number of hydrogen-bond acceptors (Lipinski definition) is 7. The summed E-state index contributed by atoms with van der Waals surface area (Å²) in [6.45, 7) is 3.79. The van der Waals surface area contributed by atoms with E-state index in [1.165, 1.54) is 0 Å². The standard InChI is InChI=1S/C9H11F3N6OS/c1-4(2)6-14-5(19-17-6)3-20-8-16-15-7(18(8)13)9(10,11)12/h4H,3,13H2,1-2H3. The Hall–Kier alpha value is -1.78. The number of hydrogen-bond donors (Lipinski definition) is 1. The van der Waals surface area contributed by atoms with Crippen LogP contribution in [0.4, 0.5) is 13.2 Å². The Morgan fingerprint density at radius 3 is 2.55 bits per heavy atom. The van der Waals surface area contributed by atoms with E-state index in [2.05, 4.69) is 20.3 Å². The Bertz CT molecular complexity index is 593. The molecule has 2 N–H and O–H groups in total. The Balaban J connectivity index is 2.06. The van der Waals surface area contributed by atoms with Gasteiger partial charge >= 0.3 is 6.18 Å². The maximum absolute atomic E-state index is 12.5. The summed E-state index contributed by atoms with van der Waals surface area (Å²) < 4.78 is 42.7. The van der Waals surface area contributed by atoms with Crippen LogP contribution >= 0.6 is 11.8 Å². The minimum absolute atomic E-state index is 0.0818. The summed E-state index contributed by atoms with van der Waals surface area (Å²) in [7, 11) is 0. The molecule has 2 heterocycles. The Kier molecular flexibility index (Phi) is 3.88. The van der Waals surface area contributed by atoms with Crippen molar-refractivity contribution < 1.29 is 17.7 Å². The maximum Gasteiger partial charge on any atom is 0.453 e. The van der Waals surface area contributed by atoms with Crippen LogP contribution in [0.5, 0.6) is 0 Å². The van der Waals surface area contributed by atoms with E-state index in [0.717, 1.165) is 11.8 Å². The first-order chi connectivity index (χ1) is 9.29. The summed E-state index contributed by atoms with van der Waals surface area (Å²) in [6.07, 6.45) is -4.64. The summed E-state index contributed by atoms with van der Waals surface area (Å²) in [5.41, 5.74) is 0. The van der Waals surface area contributed by atoms with Crippen molar-refractivity contribution >= 4 is 11.8 Å². The molecule has 0 bridgehead atoms. The zero-order valence-corrected chi connectivity index (χ0v) is 11.4. The number of nitrogens with zero attached hydrogens (tertiary/aromatic N) is 5. The van der Waals surface area contributed by atoms with Crippen molar-refractivity contribution in [3.05, 3.63) is 17.5 Å². The van der Waals surface area contributed by atoms with Crippen molar-refractivity contribution in [3.8, 4) is 0 Å². The van der Waals surface area contributed by atoms with Gasteiger partial charge < -0.3 is 10.4 Å². The number of halogens is 3. The summed E-state index contributed by atoms with van der Waals surface area (Å²) in [5.74, 6) is 5.12. The van der Waals surface area contributed by atoms with Crippen LogP contribution < -0.4 is 5.84 Å². The van der Waals surface area contributed by atoms with Gasteiger partial charge in [0.2, 0.25) is 11.0 Å². The van der Waals surface area contributed by atoms with Crippen LogP contribution in [0.2, 0.25) is 0 Å². The number of nitrogen functional groups attached to an aromatic ring is 1. The van der Waals surface area contributed by atoms with Gasteiger partial charge in [-0.15, -0.1) is 10.2 Å². The fourth-order valence-electron chi connectivity index (χ4n) is 1.26. The number of rotatable bonds is 4. The van der Waals surface area contributed by atoms with Gasteiger partial charge in [0.15, 0.2) is 5.82 Å². The highest BCUT2D eigenvalue weighted by Gasteiger charge is 2.38. The highest BCUT2D eigenvalue weighted by molar-refractivity contribution is 7.98. The Morgan fingerprint density at radius 1 is 1.35 bits per heavy atom. The summed E-state index contributed by atoms with van der Waals surface area (Å²) >= 11 is 0.930. The molecule has 0 aliphatic carbocycles. The largest absolute Gasteiger partial charge is 0.453 e. The van der Waals surface area contributed by atoms with Crippen LogP contribution in [0, 0.1) is 0 Å². The van der Waals surface area contributed by atoms with Crippen LogP contribution in [-0.2, 0) is 11.9 Å². The van der Waals surface area contributed by atoms with E-state index >= 15 is 0 Å². The lowest BCUT2D eigenvalue weighted by Crippen LogP contribution is -2.21. The van der Waals surface area contributed by atoms with Crippen molar-refractivity contribution in [2.75, 3.05) is 5.84 Å². The smallest absolute Gasteiger partial charge is 0.338 e. The first kappa shape index (κ1) is 14.6. The first-order valence-electron chi connectivity index (χ1n) is 5.52.